The lowest BCUT2D eigenvalue weighted by Crippen LogP contribution is -2.12. The van der Waals surface area contributed by atoms with Gasteiger partial charge >= 0.3 is 0 Å². The quantitative estimate of drug-likeness (QED) is 0.812. The van der Waals surface area contributed by atoms with E-state index in [9.17, 15) is 0 Å². The van der Waals surface area contributed by atoms with Crippen molar-refractivity contribution in [3.8, 4) is 0 Å². The van der Waals surface area contributed by atoms with Gasteiger partial charge in [0.15, 0.2) is 0 Å². The summed E-state index contributed by atoms with van der Waals surface area (Å²) in [5.41, 5.74) is 9.97. The Bertz CT molecular complexity index is 367. The zero-order valence-electron chi connectivity index (χ0n) is 8.54. The topological polar surface area (TPSA) is 35.2 Å². The highest BCUT2D eigenvalue weighted by molar-refractivity contribution is 7.10. The van der Waals surface area contributed by atoms with Crippen molar-refractivity contribution in [3.05, 3.63) is 33.2 Å². The average molecular weight is 209 g/mol. The Morgan fingerprint density at radius 1 is 1.50 bits per heavy atom. The molecule has 0 amide bonds. The summed E-state index contributed by atoms with van der Waals surface area (Å²) in [6.07, 6.45) is 2.78. The lowest BCUT2D eigenvalue weighted by molar-refractivity contribution is 0.281. The van der Waals surface area contributed by atoms with Gasteiger partial charge < -0.3 is 10.5 Å². The molecule has 0 fully saturated rings. The van der Waals surface area contributed by atoms with E-state index in [0.29, 0.717) is 0 Å². The van der Waals surface area contributed by atoms with Gasteiger partial charge in [-0.25, -0.2) is 0 Å². The minimum absolute atomic E-state index is 0.0300. The highest BCUT2D eigenvalue weighted by Gasteiger charge is 2.19. The van der Waals surface area contributed by atoms with E-state index in [2.05, 4.69) is 19.2 Å². The van der Waals surface area contributed by atoms with Gasteiger partial charge in [0.2, 0.25) is 0 Å². The second-order valence-electron chi connectivity index (χ2n) is 3.66. The minimum atomic E-state index is 0.0300. The third-order valence-corrected chi connectivity index (χ3v) is 3.83. The van der Waals surface area contributed by atoms with Crippen LogP contribution in [0.2, 0.25) is 0 Å². The van der Waals surface area contributed by atoms with E-state index in [1.165, 1.54) is 21.6 Å². The molecular weight excluding hydrogens is 194 g/mol. The van der Waals surface area contributed by atoms with Gasteiger partial charge in [0.25, 0.3) is 0 Å². The van der Waals surface area contributed by atoms with Gasteiger partial charge in [-0.3, -0.25) is 0 Å². The van der Waals surface area contributed by atoms with Gasteiger partial charge in [-0.2, -0.15) is 0 Å². The Morgan fingerprint density at radius 2 is 2.29 bits per heavy atom. The van der Waals surface area contributed by atoms with Gasteiger partial charge in [0, 0.05) is 11.3 Å². The molecule has 1 aromatic heterocycles. The lowest BCUT2D eigenvalue weighted by Gasteiger charge is -2.11. The second-order valence-corrected chi connectivity index (χ2v) is 4.75. The van der Waals surface area contributed by atoms with Crippen LogP contribution in [0.4, 0.5) is 0 Å². The molecule has 3 heteroatoms. The number of thiophene rings is 1. The predicted octanol–water partition coefficient (Wildman–Crippen LogP) is 2.67. The average Bonchev–Trinajstić information content (AvgIpc) is 2.77. The van der Waals surface area contributed by atoms with Crippen LogP contribution in [0.25, 0.3) is 0 Å². The first-order valence-electron chi connectivity index (χ1n) is 4.81. The first-order valence-corrected chi connectivity index (χ1v) is 5.69. The minimum Gasteiger partial charge on any atom is -0.501 e. The summed E-state index contributed by atoms with van der Waals surface area (Å²) in [5, 5.41) is 2.16. The zero-order valence-corrected chi connectivity index (χ0v) is 9.36. The molecule has 1 unspecified atom stereocenters. The molecule has 0 spiro atoms. The Balaban J connectivity index is 2.26. The fraction of sp³-hybridized carbons (Fsp3) is 0.455. The molecule has 2 N–H and O–H groups in total. The Hall–Kier alpha value is -0.800. The van der Waals surface area contributed by atoms with Crippen LogP contribution >= 0.6 is 11.3 Å². The van der Waals surface area contributed by atoms with Crippen molar-refractivity contribution in [2.24, 2.45) is 5.73 Å². The van der Waals surface area contributed by atoms with Crippen LogP contribution in [-0.4, -0.2) is 6.61 Å². The molecule has 14 heavy (non-hydrogen) atoms. The molecule has 1 atom stereocenters. The maximum Gasteiger partial charge on any atom is 0.0912 e. The molecule has 1 aliphatic heterocycles. The molecule has 0 saturated carbocycles. The van der Waals surface area contributed by atoms with Crippen molar-refractivity contribution in [2.45, 2.75) is 26.3 Å². The maximum atomic E-state index is 6.17. The molecule has 0 aromatic carbocycles. The Labute approximate surface area is 88.4 Å². The Kier molecular flexibility index (Phi) is 2.61. The van der Waals surface area contributed by atoms with E-state index in [4.69, 9.17) is 10.5 Å². The fourth-order valence-electron chi connectivity index (χ4n) is 1.67. The zero-order chi connectivity index (χ0) is 10.1. The molecule has 0 bridgehead atoms. The standard InChI is InChI=1S/C11H15NOS/c1-7-8(2)14-6-10(7)11(12)9-3-4-13-5-9/h5-6,11H,3-4,12H2,1-2H3. The van der Waals surface area contributed by atoms with Gasteiger partial charge in [-0.05, 0) is 35.9 Å². The van der Waals surface area contributed by atoms with Crippen molar-refractivity contribution in [1.82, 2.24) is 0 Å². The second kappa shape index (κ2) is 3.75. The summed E-state index contributed by atoms with van der Waals surface area (Å²) in [5.74, 6) is 0. The first-order chi connectivity index (χ1) is 6.70. The Morgan fingerprint density at radius 3 is 2.79 bits per heavy atom. The van der Waals surface area contributed by atoms with Crippen LogP contribution in [0.3, 0.4) is 0 Å². The summed E-state index contributed by atoms with van der Waals surface area (Å²) >= 11 is 1.77. The number of rotatable bonds is 2. The van der Waals surface area contributed by atoms with Gasteiger partial charge in [0.1, 0.15) is 0 Å². The summed E-state index contributed by atoms with van der Waals surface area (Å²) in [4.78, 5) is 1.36. The SMILES string of the molecule is Cc1scc(C(N)C2=COCC2)c1C. The van der Waals surface area contributed by atoms with Crippen LogP contribution in [0.1, 0.15) is 28.5 Å². The predicted molar refractivity (Wildman–Crippen MR) is 59.4 cm³/mol. The summed E-state index contributed by atoms with van der Waals surface area (Å²) < 4.78 is 5.21. The molecule has 2 rings (SSSR count). The van der Waals surface area contributed by atoms with Crippen LogP contribution in [0, 0.1) is 13.8 Å². The number of hydrogen-bond acceptors (Lipinski definition) is 3. The normalized spacial score (nSPS) is 17.8. The number of nitrogens with two attached hydrogens (primary N) is 1. The molecule has 0 saturated heterocycles. The van der Waals surface area contributed by atoms with E-state index in [0.717, 1.165) is 13.0 Å². The molecule has 0 radical (unpaired) electrons. The van der Waals surface area contributed by atoms with Gasteiger partial charge in [-0.15, -0.1) is 11.3 Å². The molecule has 1 aliphatic rings. The highest BCUT2D eigenvalue weighted by Crippen LogP contribution is 2.31. The van der Waals surface area contributed by atoms with Crippen LogP contribution < -0.4 is 5.73 Å². The number of aryl methyl sites for hydroxylation is 1. The monoisotopic (exact) mass is 209 g/mol. The highest BCUT2D eigenvalue weighted by atomic mass is 32.1. The third-order valence-electron chi connectivity index (χ3n) is 2.80. The van der Waals surface area contributed by atoms with Gasteiger partial charge in [-0.1, -0.05) is 0 Å². The van der Waals surface area contributed by atoms with Crippen LogP contribution in [0.5, 0.6) is 0 Å². The lowest BCUT2D eigenvalue weighted by atomic mass is 9.98. The van der Waals surface area contributed by atoms with E-state index in [1.807, 2.05) is 6.26 Å². The molecule has 76 valence electrons. The molecule has 2 heterocycles. The smallest absolute Gasteiger partial charge is 0.0912 e. The largest absolute Gasteiger partial charge is 0.501 e. The molecule has 0 aliphatic carbocycles. The summed E-state index contributed by atoms with van der Waals surface area (Å²) in [6, 6.07) is 0.0300. The van der Waals surface area contributed by atoms with E-state index in [-0.39, 0.29) is 6.04 Å². The summed E-state index contributed by atoms with van der Waals surface area (Å²) in [7, 11) is 0. The number of ether oxygens (including phenoxy) is 1. The molecule has 2 nitrogen and oxygen atoms in total. The maximum absolute atomic E-state index is 6.17. The van der Waals surface area contributed by atoms with Crippen molar-refractivity contribution in [3.63, 3.8) is 0 Å². The van der Waals surface area contributed by atoms with Crippen molar-refractivity contribution < 1.29 is 4.74 Å². The van der Waals surface area contributed by atoms with E-state index in [1.54, 1.807) is 11.3 Å². The van der Waals surface area contributed by atoms with Crippen molar-refractivity contribution in [2.75, 3.05) is 6.61 Å². The van der Waals surface area contributed by atoms with Crippen molar-refractivity contribution >= 4 is 11.3 Å². The van der Waals surface area contributed by atoms with E-state index < -0.39 is 0 Å². The third kappa shape index (κ3) is 1.57. The molecular formula is C11H15NOS. The van der Waals surface area contributed by atoms with Crippen molar-refractivity contribution in [1.29, 1.82) is 0 Å². The fourth-order valence-corrected chi connectivity index (χ4v) is 2.59. The number of hydrogen-bond donors (Lipinski definition) is 1. The van der Waals surface area contributed by atoms with E-state index >= 15 is 0 Å². The van der Waals surface area contributed by atoms with Crippen LogP contribution in [-0.2, 0) is 4.74 Å². The first kappa shape index (κ1) is 9.74. The van der Waals surface area contributed by atoms with Gasteiger partial charge in [0.05, 0.1) is 18.9 Å². The summed E-state index contributed by atoms with van der Waals surface area (Å²) in [6.45, 7) is 5.05. The van der Waals surface area contributed by atoms with Crippen LogP contribution in [0.15, 0.2) is 17.2 Å². The molecule has 1 aromatic rings.